The minimum Gasteiger partial charge on any atom is -0.385 e. The molecular weight excluding hydrogens is 464 g/mol. The normalized spacial score (nSPS) is 11.4. The van der Waals surface area contributed by atoms with Gasteiger partial charge in [0.05, 0.1) is 11.4 Å². The van der Waals surface area contributed by atoms with Crippen LogP contribution in [0.5, 0.6) is 0 Å². The number of amides is 2. The predicted molar refractivity (Wildman–Crippen MR) is 139 cm³/mol. The molecule has 1 aromatic heterocycles. The molecule has 186 valence electrons. The second-order valence-corrected chi connectivity index (χ2v) is 9.93. The number of hydrogen-bond donors (Lipinski definition) is 1. The molecule has 2 aromatic carbocycles. The third-order valence-corrected chi connectivity index (χ3v) is 5.79. The predicted octanol–water partition coefficient (Wildman–Crippen LogP) is 5.25. The number of benzene rings is 2. The number of ether oxygens (including phenoxy) is 1. The van der Waals surface area contributed by atoms with E-state index in [9.17, 15) is 9.59 Å². The van der Waals surface area contributed by atoms with Gasteiger partial charge in [-0.25, -0.2) is 4.68 Å². The standard InChI is InChI=1S/C27H33ClN4O3/c1-19-10-6-7-13-22(19)32-24(17-23(30-32)27(2,3)4)29-25(33)18-31(14-9-15-35-5)26(34)20-11-8-12-21(28)16-20/h6-8,10-13,16-17H,9,14-15,18H2,1-5H3,(H,29,33). The first kappa shape index (κ1) is 26.4. The molecule has 0 radical (unpaired) electrons. The van der Waals surface area contributed by atoms with E-state index in [1.807, 2.05) is 37.3 Å². The number of aromatic nitrogens is 2. The quantitative estimate of drug-likeness (QED) is 0.410. The van der Waals surface area contributed by atoms with Crippen LogP contribution in [-0.4, -0.2) is 53.3 Å². The Kier molecular flexibility index (Phi) is 8.70. The highest BCUT2D eigenvalue weighted by molar-refractivity contribution is 6.31. The number of methoxy groups -OCH3 is 1. The van der Waals surface area contributed by atoms with Gasteiger partial charge in [-0.15, -0.1) is 0 Å². The maximum absolute atomic E-state index is 13.2. The zero-order valence-electron chi connectivity index (χ0n) is 21.0. The molecule has 0 aliphatic carbocycles. The van der Waals surface area contributed by atoms with Crippen LogP contribution < -0.4 is 5.32 Å². The van der Waals surface area contributed by atoms with Crippen molar-refractivity contribution in [2.75, 3.05) is 32.1 Å². The van der Waals surface area contributed by atoms with Gasteiger partial charge in [0.25, 0.3) is 5.91 Å². The number of anilines is 1. The largest absolute Gasteiger partial charge is 0.385 e. The Hall–Kier alpha value is -3.16. The Bertz CT molecular complexity index is 1180. The van der Waals surface area contributed by atoms with Crippen LogP contribution in [0.1, 0.15) is 48.8 Å². The number of nitrogens with one attached hydrogen (secondary N) is 1. The monoisotopic (exact) mass is 496 g/mol. The highest BCUT2D eigenvalue weighted by atomic mass is 35.5. The summed E-state index contributed by atoms with van der Waals surface area (Å²) in [6.45, 7) is 8.96. The number of rotatable bonds is 9. The number of halogens is 1. The fraction of sp³-hybridized carbons (Fsp3) is 0.370. The lowest BCUT2D eigenvalue weighted by molar-refractivity contribution is -0.117. The van der Waals surface area contributed by atoms with Crippen LogP contribution in [0, 0.1) is 6.92 Å². The van der Waals surface area contributed by atoms with E-state index in [0.29, 0.717) is 36.0 Å². The second kappa shape index (κ2) is 11.5. The van der Waals surface area contributed by atoms with Crippen molar-refractivity contribution in [2.24, 2.45) is 0 Å². The molecule has 8 heteroatoms. The lowest BCUT2D eigenvalue weighted by Crippen LogP contribution is -2.39. The smallest absolute Gasteiger partial charge is 0.254 e. The van der Waals surface area contributed by atoms with Crippen LogP contribution in [0.15, 0.2) is 54.6 Å². The maximum atomic E-state index is 13.2. The number of para-hydroxylation sites is 1. The molecule has 0 fully saturated rings. The molecule has 2 amide bonds. The van der Waals surface area contributed by atoms with Crippen molar-refractivity contribution in [3.63, 3.8) is 0 Å². The molecule has 0 spiro atoms. The average Bonchev–Trinajstić information content (AvgIpc) is 3.22. The summed E-state index contributed by atoms with van der Waals surface area (Å²) in [4.78, 5) is 27.9. The van der Waals surface area contributed by atoms with Gasteiger partial charge in [-0.05, 0) is 43.2 Å². The van der Waals surface area contributed by atoms with Crippen molar-refractivity contribution in [3.8, 4) is 5.69 Å². The molecule has 35 heavy (non-hydrogen) atoms. The minimum atomic E-state index is -0.312. The highest BCUT2D eigenvalue weighted by Crippen LogP contribution is 2.27. The summed E-state index contributed by atoms with van der Waals surface area (Å²) in [5, 5.41) is 8.23. The lowest BCUT2D eigenvalue weighted by atomic mass is 9.92. The topological polar surface area (TPSA) is 76.5 Å². The van der Waals surface area contributed by atoms with E-state index >= 15 is 0 Å². The zero-order chi connectivity index (χ0) is 25.6. The van der Waals surface area contributed by atoms with Gasteiger partial charge < -0.3 is 15.0 Å². The van der Waals surface area contributed by atoms with Crippen molar-refractivity contribution in [2.45, 2.75) is 39.5 Å². The minimum absolute atomic E-state index is 0.112. The van der Waals surface area contributed by atoms with Gasteiger partial charge in [0.15, 0.2) is 0 Å². The molecule has 1 heterocycles. The zero-order valence-corrected chi connectivity index (χ0v) is 21.7. The van der Waals surface area contributed by atoms with E-state index < -0.39 is 0 Å². The fourth-order valence-corrected chi connectivity index (χ4v) is 3.82. The third kappa shape index (κ3) is 6.93. The first-order chi connectivity index (χ1) is 16.6. The van der Waals surface area contributed by atoms with E-state index in [4.69, 9.17) is 21.4 Å². The Morgan fingerprint density at radius 2 is 1.86 bits per heavy atom. The van der Waals surface area contributed by atoms with Crippen LogP contribution in [0.2, 0.25) is 5.02 Å². The molecule has 7 nitrogen and oxygen atoms in total. The molecule has 0 bridgehead atoms. The summed E-state index contributed by atoms with van der Waals surface area (Å²) in [6.07, 6.45) is 0.603. The van der Waals surface area contributed by atoms with Gasteiger partial charge >= 0.3 is 0 Å². The van der Waals surface area contributed by atoms with Crippen molar-refractivity contribution < 1.29 is 14.3 Å². The number of carbonyl (C=O) groups excluding carboxylic acids is 2. The Balaban J connectivity index is 1.87. The Labute approximate surface area is 212 Å². The third-order valence-electron chi connectivity index (χ3n) is 5.56. The molecule has 1 N–H and O–H groups in total. The number of carbonyl (C=O) groups is 2. The number of nitrogens with zero attached hydrogens (tertiary/aromatic N) is 3. The Morgan fingerprint density at radius 3 is 2.51 bits per heavy atom. The van der Waals surface area contributed by atoms with Gasteiger partial charge in [0.2, 0.25) is 5.91 Å². The van der Waals surface area contributed by atoms with Crippen molar-refractivity contribution in [1.82, 2.24) is 14.7 Å². The first-order valence-corrected chi connectivity index (χ1v) is 12.0. The first-order valence-electron chi connectivity index (χ1n) is 11.6. The summed E-state index contributed by atoms with van der Waals surface area (Å²) in [7, 11) is 1.61. The van der Waals surface area contributed by atoms with Crippen molar-refractivity contribution >= 4 is 29.2 Å². The molecule has 0 saturated carbocycles. The molecular formula is C27H33ClN4O3. The molecule has 3 rings (SSSR count). The van der Waals surface area contributed by atoms with Crippen LogP contribution >= 0.6 is 11.6 Å². The van der Waals surface area contributed by atoms with Gasteiger partial charge in [-0.2, -0.15) is 5.10 Å². The molecule has 0 atom stereocenters. The van der Waals surface area contributed by atoms with Crippen molar-refractivity contribution in [3.05, 3.63) is 76.4 Å². The Morgan fingerprint density at radius 1 is 1.11 bits per heavy atom. The summed E-state index contributed by atoms with van der Waals surface area (Å²) in [5.41, 5.74) is 2.99. The van der Waals surface area contributed by atoms with Gasteiger partial charge in [0.1, 0.15) is 12.4 Å². The van der Waals surface area contributed by atoms with Crippen LogP contribution in [0.3, 0.4) is 0 Å². The van der Waals surface area contributed by atoms with Crippen LogP contribution in [-0.2, 0) is 14.9 Å². The van der Waals surface area contributed by atoms with Crippen LogP contribution in [0.25, 0.3) is 5.69 Å². The molecule has 0 aliphatic rings. The van der Waals surface area contributed by atoms with E-state index in [-0.39, 0.29) is 23.8 Å². The number of aryl methyl sites for hydroxylation is 1. The summed E-state index contributed by atoms with van der Waals surface area (Å²) < 4.78 is 6.89. The van der Waals surface area contributed by atoms with E-state index in [0.717, 1.165) is 16.9 Å². The highest BCUT2D eigenvalue weighted by Gasteiger charge is 2.24. The summed E-state index contributed by atoms with van der Waals surface area (Å²) in [5.74, 6) is -0.0178. The van der Waals surface area contributed by atoms with E-state index in [1.165, 1.54) is 4.90 Å². The lowest BCUT2D eigenvalue weighted by Gasteiger charge is -2.22. The van der Waals surface area contributed by atoms with Crippen LogP contribution in [0.4, 0.5) is 5.82 Å². The van der Waals surface area contributed by atoms with Gasteiger partial charge in [-0.3, -0.25) is 9.59 Å². The maximum Gasteiger partial charge on any atom is 0.254 e. The van der Waals surface area contributed by atoms with Crippen molar-refractivity contribution in [1.29, 1.82) is 0 Å². The summed E-state index contributed by atoms with van der Waals surface area (Å²) >= 11 is 6.08. The molecule has 0 saturated heterocycles. The average molecular weight is 497 g/mol. The van der Waals surface area contributed by atoms with Gasteiger partial charge in [-0.1, -0.05) is 56.6 Å². The van der Waals surface area contributed by atoms with E-state index in [2.05, 4.69) is 26.1 Å². The van der Waals surface area contributed by atoms with E-state index in [1.54, 1.807) is 36.1 Å². The SMILES string of the molecule is COCCCN(CC(=O)Nc1cc(C(C)(C)C)nn1-c1ccccc1C)C(=O)c1cccc(Cl)c1. The fourth-order valence-electron chi connectivity index (χ4n) is 3.63. The van der Waals surface area contributed by atoms with Gasteiger partial charge in [0, 0.05) is 42.3 Å². The number of hydrogen-bond acceptors (Lipinski definition) is 4. The molecule has 0 aliphatic heterocycles. The second-order valence-electron chi connectivity index (χ2n) is 9.49. The summed E-state index contributed by atoms with van der Waals surface area (Å²) in [6, 6.07) is 16.5. The molecule has 0 unspecified atom stereocenters. The molecule has 3 aromatic rings.